The summed E-state index contributed by atoms with van der Waals surface area (Å²) in [5, 5.41) is 11.6. The average molecular weight is 291 g/mol. The third-order valence-electron chi connectivity index (χ3n) is 3.74. The first-order valence-corrected chi connectivity index (χ1v) is 7.25. The van der Waals surface area contributed by atoms with E-state index >= 15 is 0 Å². The van der Waals surface area contributed by atoms with Gasteiger partial charge in [-0.2, -0.15) is 0 Å². The monoisotopic (exact) mass is 291 g/mol. The number of pyridine rings is 1. The molecule has 1 aliphatic rings. The fraction of sp³-hybridized carbons (Fsp3) is 0.533. The van der Waals surface area contributed by atoms with Gasteiger partial charge in [-0.05, 0) is 44.2 Å². The summed E-state index contributed by atoms with van der Waals surface area (Å²) in [6, 6.07) is 3.54. The van der Waals surface area contributed by atoms with Crippen molar-refractivity contribution < 1.29 is 14.7 Å². The zero-order chi connectivity index (χ0) is 15.2. The molecule has 0 spiro atoms. The lowest BCUT2D eigenvalue weighted by Crippen LogP contribution is -2.42. The Labute approximate surface area is 124 Å². The van der Waals surface area contributed by atoms with E-state index in [4.69, 9.17) is 5.11 Å². The molecule has 0 radical (unpaired) electrons. The van der Waals surface area contributed by atoms with Gasteiger partial charge in [0.15, 0.2) is 0 Å². The highest BCUT2D eigenvalue weighted by Crippen LogP contribution is 2.21. The molecule has 2 rings (SSSR count). The minimum atomic E-state index is -0.776. The Morgan fingerprint density at radius 2 is 2.29 bits per heavy atom. The molecule has 114 valence electrons. The van der Waals surface area contributed by atoms with E-state index in [-0.39, 0.29) is 18.4 Å². The lowest BCUT2D eigenvalue weighted by Gasteiger charge is -2.32. The van der Waals surface area contributed by atoms with Gasteiger partial charge in [0.05, 0.1) is 11.9 Å². The van der Waals surface area contributed by atoms with Crippen LogP contribution in [0, 0.1) is 12.8 Å². The predicted molar refractivity (Wildman–Crippen MR) is 79.2 cm³/mol. The van der Waals surface area contributed by atoms with Crippen molar-refractivity contribution in [1.82, 2.24) is 9.88 Å². The van der Waals surface area contributed by atoms with Crippen LogP contribution in [0.25, 0.3) is 0 Å². The van der Waals surface area contributed by atoms with E-state index in [2.05, 4.69) is 10.3 Å². The number of nitrogens with one attached hydrogen (secondary N) is 1. The Bertz CT molecular complexity index is 501. The lowest BCUT2D eigenvalue weighted by molar-refractivity contribution is -0.137. The first kappa shape index (κ1) is 15.3. The summed E-state index contributed by atoms with van der Waals surface area (Å²) >= 11 is 0. The van der Waals surface area contributed by atoms with Gasteiger partial charge >= 0.3 is 12.0 Å². The van der Waals surface area contributed by atoms with Crippen LogP contribution in [-0.2, 0) is 4.79 Å². The standard InChI is InChI=1S/C15H21N3O3/c1-11-4-6-13(9-16-11)17-15(21)18-8-2-3-12(10-18)5-7-14(19)20/h4,6,9,12H,2-3,5,7-8,10H2,1H3,(H,17,21)(H,19,20). The lowest BCUT2D eigenvalue weighted by atomic mass is 9.93. The number of aliphatic carboxylic acids is 1. The van der Waals surface area contributed by atoms with Crippen molar-refractivity contribution in [2.75, 3.05) is 18.4 Å². The van der Waals surface area contributed by atoms with Gasteiger partial charge in [-0.15, -0.1) is 0 Å². The number of hydrogen-bond donors (Lipinski definition) is 2. The maximum Gasteiger partial charge on any atom is 0.321 e. The number of carboxylic acid groups (broad SMARTS) is 1. The number of aromatic nitrogens is 1. The van der Waals surface area contributed by atoms with Crippen LogP contribution in [0.15, 0.2) is 18.3 Å². The first-order valence-electron chi connectivity index (χ1n) is 7.25. The molecule has 0 aromatic carbocycles. The van der Waals surface area contributed by atoms with E-state index in [0.717, 1.165) is 18.5 Å². The molecule has 2 amide bonds. The maximum atomic E-state index is 12.2. The predicted octanol–water partition coefficient (Wildman–Crippen LogP) is 2.50. The van der Waals surface area contributed by atoms with Crippen LogP contribution in [0.3, 0.4) is 0 Å². The Morgan fingerprint density at radius 1 is 1.48 bits per heavy atom. The molecule has 0 saturated carbocycles. The molecule has 21 heavy (non-hydrogen) atoms. The number of aryl methyl sites for hydroxylation is 1. The van der Waals surface area contributed by atoms with Gasteiger partial charge in [-0.3, -0.25) is 9.78 Å². The van der Waals surface area contributed by atoms with Gasteiger partial charge in [0, 0.05) is 25.2 Å². The number of carbonyl (C=O) groups is 2. The normalized spacial score (nSPS) is 18.3. The number of likely N-dealkylation sites (tertiary alicyclic amines) is 1. The summed E-state index contributed by atoms with van der Waals surface area (Å²) < 4.78 is 0. The fourth-order valence-electron chi connectivity index (χ4n) is 2.56. The molecule has 0 bridgehead atoms. The highest BCUT2D eigenvalue weighted by Gasteiger charge is 2.24. The van der Waals surface area contributed by atoms with Crippen LogP contribution in [0.5, 0.6) is 0 Å². The Kier molecular flexibility index (Phi) is 5.14. The number of amides is 2. The zero-order valence-corrected chi connectivity index (χ0v) is 12.2. The molecule has 6 nitrogen and oxygen atoms in total. The summed E-state index contributed by atoms with van der Waals surface area (Å²) in [5.74, 6) is -0.501. The van der Waals surface area contributed by atoms with Crippen LogP contribution in [0.4, 0.5) is 10.5 Å². The number of rotatable bonds is 4. The molecule has 2 N–H and O–H groups in total. The Morgan fingerprint density at radius 3 is 2.95 bits per heavy atom. The number of nitrogens with zero attached hydrogens (tertiary/aromatic N) is 2. The van der Waals surface area contributed by atoms with E-state index in [9.17, 15) is 9.59 Å². The van der Waals surface area contributed by atoms with Crippen molar-refractivity contribution in [3.63, 3.8) is 0 Å². The smallest absolute Gasteiger partial charge is 0.321 e. The van der Waals surface area contributed by atoms with Crippen molar-refractivity contribution in [2.45, 2.75) is 32.6 Å². The van der Waals surface area contributed by atoms with Crippen LogP contribution in [0.1, 0.15) is 31.4 Å². The van der Waals surface area contributed by atoms with Gasteiger partial charge in [0.2, 0.25) is 0 Å². The zero-order valence-electron chi connectivity index (χ0n) is 12.2. The molecule has 6 heteroatoms. The van der Waals surface area contributed by atoms with Crippen LogP contribution >= 0.6 is 0 Å². The molecule has 1 fully saturated rings. The summed E-state index contributed by atoms with van der Waals surface area (Å²) in [4.78, 5) is 28.7. The molecule has 2 heterocycles. The third kappa shape index (κ3) is 4.73. The number of carbonyl (C=O) groups excluding carboxylic acids is 1. The number of anilines is 1. The van der Waals surface area contributed by atoms with E-state index < -0.39 is 5.97 Å². The molecule has 1 aromatic heterocycles. The highest BCUT2D eigenvalue weighted by molar-refractivity contribution is 5.89. The molecule has 1 unspecified atom stereocenters. The van der Waals surface area contributed by atoms with Gasteiger partial charge in [-0.25, -0.2) is 4.79 Å². The molecular formula is C15H21N3O3. The topological polar surface area (TPSA) is 82.5 Å². The SMILES string of the molecule is Cc1ccc(NC(=O)N2CCCC(CCC(=O)O)C2)cn1. The highest BCUT2D eigenvalue weighted by atomic mass is 16.4. The molecule has 1 atom stereocenters. The number of urea groups is 1. The van der Waals surface area contributed by atoms with Crippen molar-refractivity contribution in [3.05, 3.63) is 24.0 Å². The van der Waals surface area contributed by atoms with Gasteiger partial charge in [0.25, 0.3) is 0 Å². The van der Waals surface area contributed by atoms with Gasteiger partial charge < -0.3 is 15.3 Å². The second-order valence-electron chi connectivity index (χ2n) is 5.51. The molecule has 1 aromatic rings. The number of carboxylic acids is 1. The Balaban J connectivity index is 1.86. The maximum absolute atomic E-state index is 12.2. The van der Waals surface area contributed by atoms with Crippen LogP contribution in [-0.4, -0.2) is 40.1 Å². The fourth-order valence-corrected chi connectivity index (χ4v) is 2.56. The minimum absolute atomic E-state index is 0.138. The van der Waals surface area contributed by atoms with Gasteiger partial charge in [-0.1, -0.05) is 0 Å². The quantitative estimate of drug-likeness (QED) is 0.893. The molecular weight excluding hydrogens is 270 g/mol. The summed E-state index contributed by atoms with van der Waals surface area (Å²) in [6.07, 6.45) is 4.35. The van der Waals surface area contributed by atoms with Crippen molar-refractivity contribution in [1.29, 1.82) is 0 Å². The largest absolute Gasteiger partial charge is 0.481 e. The number of hydrogen-bond acceptors (Lipinski definition) is 3. The van der Waals surface area contributed by atoms with Crippen molar-refractivity contribution in [3.8, 4) is 0 Å². The molecule has 1 aliphatic heterocycles. The van der Waals surface area contributed by atoms with Crippen molar-refractivity contribution in [2.24, 2.45) is 5.92 Å². The average Bonchev–Trinajstić information content (AvgIpc) is 2.48. The third-order valence-corrected chi connectivity index (χ3v) is 3.74. The first-order chi connectivity index (χ1) is 10.0. The van der Waals surface area contributed by atoms with E-state index in [1.165, 1.54) is 0 Å². The molecule has 0 aliphatic carbocycles. The summed E-state index contributed by atoms with van der Waals surface area (Å²) in [6.45, 7) is 3.23. The second-order valence-corrected chi connectivity index (χ2v) is 5.51. The molecule has 1 saturated heterocycles. The summed E-state index contributed by atoms with van der Waals surface area (Å²) in [7, 11) is 0. The van der Waals surface area contributed by atoms with E-state index in [1.807, 2.05) is 19.1 Å². The second kappa shape index (κ2) is 7.06. The van der Waals surface area contributed by atoms with E-state index in [0.29, 0.717) is 25.2 Å². The van der Waals surface area contributed by atoms with Gasteiger partial charge in [0.1, 0.15) is 0 Å². The van der Waals surface area contributed by atoms with Crippen LogP contribution in [0.2, 0.25) is 0 Å². The Hall–Kier alpha value is -2.11. The van der Waals surface area contributed by atoms with Crippen LogP contribution < -0.4 is 5.32 Å². The van der Waals surface area contributed by atoms with E-state index in [1.54, 1.807) is 11.1 Å². The van der Waals surface area contributed by atoms with Crippen molar-refractivity contribution >= 4 is 17.7 Å². The number of piperidine rings is 1. The minimum Gasteiger partial charge on any atom is -0.481 e. The summed E-state index contributed by atoms with van der Waals surface area (Å²) in [5.41, 5.74) is 1.58.